The van der Waals surface area contributed by atoms with Crippen molar-refractivity contribution in [3.8, 4) is 0 Å². The fourth-order valence-corrected chi connectivity index (χ4v) is 3.03. The standard InChI is InChI=1S/C17H19NO3/c1-12(9-14-6-4-8-21-14)18-10-13-5-2-3-7-15(13)16(11-18)17(19)20/h2-8,12,16H,9-11H2,1H3,(H,19,20). The topological polar surface area (TPSA) is 53.7 Å². The van der Waals surface area contributed by atoms with Crippen LogP contribution in [0.25, 0.3) is 0 Å². The van der Waals surface area contributed by atoms with Crippen molar-refractivity contribution in [2.24, 2.45) is 0 Å². The van der Waals surface area contributed by atoms with Gasteiger partial charge in [0.1, 0.15) is 5.76 Å². The lowest BCUT2D eigenvalue weighted by Gasteiger charge is -2.36. The average Bonchev–Trinajstić information content (AvgIpc) is 2.98. The van der Waals surface area contributed by atoms with Gasteiger partial charge < -0.3 is 9.52 Å². The maximum absolute atomic E-state index is 11.6. The van der Waals surface area contributed by atoms with Crippen LogP contribution in [0.15, 0.2) is 47.1 Å². The molecule has 0 radical (unpaired) electrons. The number of carbonyl (C=O) groups is 1. The highest BCUT2D eigenvalue weighted by Gasteiger charge is 2.32. The van der Waals surface area contributed by atoms with Gasteiger partial charge in [-0.25, -0.2) is 0 Å². The van der Waals surface area contributed by atoms with Gasteiger partial charge in [0.2, 0.25) is 0 Å². The van der Waals surface area contributed by atoms with E-state index in [2.05, 4.69) is 11.8 Å². The molecule has 0 saturated heterocycles. The molecule has 2 atom stereocenters. The normalized spacial score (nSPS) is 20.0. The fraction of sp³-hybridized carbons (Fsp3) is 0.353. The minimum Gasteiger partial charge on any atom is -0.481 e. The summed E-state index contributed by atoms with van der Waals surface area (Å²) in [6.07, 6.45) is 2.47. The molecular weight excluding hydrogens is 266 g/mol. The lowest BCUT2D eigenvalue weighted by molar-refractivity contribution is -0.139. The van der Waals surface area contributed by atoms with Crippen LogP contribution in [-0.4, -0.2) is 28.6 Å². The maximum atomic E-state index is 11.6. The molecule has 4 nitrogen and oxygen atoms in total. The molecule has 2 unspecified atom stereocenters. The summed E-state index contributed by atoms with van der Waals surface area (Å²) in [6, 6.07) is 11.9. The predicted octanol–water partition coefficient (Wildman–Crippen LogP) is 2.89. The summed E-state index contributed by atoms with van der Waals surface area (Å²) in [5, 5.41) is 9.50. The highest BCUT2D eigenvalue weighted by Crippen LogP contribution is 2.30. The Labute approximate surface area is 124 Å². The van der Waals surface area contributed by atoms with E-state index >= 15 is 0 Å². The SMILES string of the molecule is CC(Cc1ccco1)N1Cc2ccccc2C(C(=O)O)C1. The number of rotatable bonds is 4. The smallest absolute Gasteiger partial charge is 0.312 e. The van der Waals surface area contributed by atoms with Gasteiger partial charge >= 0.3 is 5.97 Å². The summed E-state index contributed by atoms with van der Waals surface area (Å²) in [6.45, 7) is 3.46. The summed E-state index contributed by atoms with van der Waals surface area (Å²) in [5.74, 6) is -0.264. The molecule has 0 bridgehead atoms. The van der Waals surface area contributed by atoms with E-state index in [1.54, 1.807) is 6.26 Å². The van der Waals surface area contributed by atoms with Gasteiger partial charge in [-0.05, 0) is 30.2 Å². The predicted molar refractivity (Wildman–Crippen MR) is 79.1 cm³/mol. The summed E-state index contributed by atoms with van der Waals surface area (Å²) in [7, 11) is 0. The Morgan fingerprint density at radius 2 is 2.19 bits per heavy atom. The Morgan fingerprint density at radius 1 is 1.38 bits per heavy atom. The molecule has 0 aliphatic carbocycles. The number of fused-ring (bicyclic) bond motifs is 1. The molecule has 1 aliphatic heterocycles. The Hall–Kier alpha value is -2.07. The van der Waals surface area contributed by atoms with Crippen LogP contribution in [0.1, 0.15) is 29.7 Å². The molecule has 0 fully saturated rings. The molecule has 2 heterocycles. The number of hydrogen-bond acceptors (Lipinski definition) is 3. The fourth-order valence-electron chi connectivity index (χ4n) is 3.03. The minimum atomic E-state index is -0.752. The number of aliphatic carboxylic acids is 1. The molecular formula is C17H19NO3. The summed E-state index contributed by atoms with van der Waals surface area (Å²) >= 11 is 0. The molecule has 21 heavy (non-hydrogen) atoms. The first-order valence-electron chi connectivity index (χ1n) is 7.22. The second-order valence-electron chi connectivity index (χ2n) is 5.65. The van der Waals surface area contributed by atoms with E-state index in [4.69, 9.17) is 4.42 Å². The van der Waals surface area contributed by atoms with Gasteiger partial charge in [0.05, 0.1) is 12.2 Å². The first kappa shape index (κ1) is 13.9. The zero-order valence-corrected chi connectivity index (χ0v) is 12.0. The van der Waals surface area contributed by atoms with Crippen molar-refractivity contribution in [2.45, 2.75) is 31.8 Å². The van der Waals surface area contributed by atoms with Crippen molar-refractivity contribution in [1.29, 1.82) is 0 Å². The molecule has 2 aromatic rings. The second kappa shape index (κ2) is 5.74. The van der Waals surface area contributed by atoms with Crippen LogP contribution in [0.2, 0.25) is 0 Å². The van der Waals surface area contributed by atoms with E-state index in [1.807, 2.05) is 36.4 Å². The van der Waals surface area contributed by atoms with Crippen LogP contribution in [0.5, 0.6) is 0 Å². The lowest BCUT2D eigenvalue weighted by atomic mass is 9.89. The van der Waals surface area contributed by atoms with Gasteiger partial charge in [-0.2, -0.15) is 0 Å². The Bertz CT molecular complexity index is 621. The Kier molecular flexibility index (Phi) is 3.80. The first-order valence-corrected chi connectivity index (χ1v) is 7.22. The molecule has 1 aromatic heterocycles. The second-order valence-corrected chi connectivity index (χ2v) is 5.65. The van der Waals surface area contributed by atoms with E-state index in [1.165, 1.54) is 0 Å². The van der Waals surface area contributed by atoms with Gasteiger partial charge in [0.25, 0.3) is 0 Å². The maximum Gasteiger partial charge on any atom is 0.312 e. The quantitative estimate of drug-likeness (QED) is 0.938. The van der Waals surface area contributed by atoms with Crippen LogP contribution in [-0.2, 0) is 17.8 Å². The third-order valence-corrected chi connectivity index (χ3v) is 4.22. The van der Waals surface area contributed by atoms with Crippen molar-refractivity contribution in [3.05, 3.63) is 59.5 Å². The summed E-state index contributed by atoms with van der Waals surface area (Å²) < 4.78 is 5.40. The Morgan fingerprint density at radius 3 is 2.90 bits per heavy atom. The van der Waals surface area contributed by atoms with Gasteiger partial charge in [0.15, 0.2) is 0 Å². The van der Waals surface area contributed by atoms with Gasteiger partial charge in [-0.15, -0.1) is 0 Å². The average molecular weight is 285 g/mol. The molecule has 4 heteroatoms. The van der Waals surface area contributed by atoms with Crippen molar-refractivity contribution in [2.75, 3.05) is 6.54 Å². The monoisotopic (exact) mass is 285 g/mol. The molecule has 0 spiro atoms. The third-order valence-electron chi connectivity index (χ3n) is 4.22. The van der Waals surface area contributed by atoms with Crippen molar-refractivity contribution < 1.29 is 14.3 Å². The zero-order chi connectivity index (χ0) is 14.8. The zero-order valence-electron chi connectivity index (χ0n) is 12.0. The molecule has 0 amide bonds. The van der Waals surface area contributed by atoms with Crippen LogP contribution in [0.3, 0.4) is 0 Å². The van der Waals surface area contributed by atoms with E-state index in [0.29, 0.717) is 6.54 Å². The minimum absolute atomic E-state index is 0.242. The van der Waals surface area contributed by atoms with Crippen LogP contribution in [0.4, 0.5) is 0 Å². The molecule has 3 rings (SSSR count). The van der Waals surface area contributed by atoms with Crippen molar-refractivity contribution in [3.63, 3.8) is 0 Å². The van der Waals surface area contributed by atoms with E-state index < -0.39 is 11.9 Å². The van der Waals surface area contributed by atoms with E-state index in [-0.39, 0.29) is 6.04 Å². The van der Waals surface area contributed by atoms with Gasteiger partial charge in [0, 0.05) is 25.6 Å². The number of furan rings is 1. The van der Waals surface area contributed by atoms with Crippen LogP contribution >= 0.6 is 0 Å². The molecule has 1 N–H and O–H groups in total. The molecule has 110 valence electrons. The number of nitrogens with zero attached hydrogens (tertiary/aromatic N) is 1. The van der Waals surface area contributed by atoms with Crippen LogP contribution < -0.4 is 0 Å². The first-order chi connectivity index (χ1) is 10.1. The molecule has 1 aromatic carbocycles. The van der Waals surface area contributed by atoms with Gasteiger partial charge in [-0.1, -0.05) is 24.3 Å². The third kappa shape index (κ3) is 2.85. The van der Waals surface area contributed by atoms with E-state index in [9.17, 15) is 9.90 Å². The number of benzene rings is 1. The largest absolute Gasteiger partial charge is 0.481 e. The number of carboxylic acid groups (broad SMARTS) is 1. The van der Waals surface area contributed by atoms with Crippen LogP contribution in [0, 0.1) is 0 Å². The Balaban J connectivity index is 1.81. The van der Waals surface area contributed by atoms with E-state index in [0.717, 1.165) is 29.9 Å². The molecule has 1 aliphatic rings. The van der Waals surface area contributed by atoms with Crippen molar-refractivity contribution in [1.82, 2.24) is 4.90 Å². The molecule has 0 saturated carbocycles. The van der Waals surface area contributed by atoms with Crippen molar-refractivity contribution >= 4 is 5.97 Å². The lowest BCUT2D eigenvalue weighted by Crippen LogP contribution is -2.42. The summed E-state index contributed by atoms with van der Waals surface area (Å²) in [4.78, 5) is 13.8. The van der Waals surface area contributed by atoms with Gasteiger partial charge in [-0.3, -0.25) is 9.69 Å². The highest BCUT2D eigenvalue weighted by atomic mass is 16.4. The highest BCUT2D eigenvalue weighted by molar-refractivity contribution is 5.77. The number of carboxylic acids is 1. The number of hydrogen-bond donors (Lipinski definition) is 1. The summed E-state index contributed by atoms with van der Waals surface area (Å²) in [5.41, 5.74) is 2.06.